The van der Waals surface area contributed by atoms with Gasteiger partial charge in [-0.05, 0) is 45.7 Å². The number of aryl methyl sites for hydroxylation is 2. The molecule has 6 nitrogen and oxygen atoms in total. The number of aromatic nitrogens is 2. The van der Waals surface area contributed by atoms with Crippen molar-refractivity contribution in [3.05, 3.63) is 23.5 Å². The Morgan fingerprint density at radius 1 is 1.38 bits per heavy atom. The standard InChI is InChI=1S/C15H22N4O2/c1-9-6-13(11(3)20-9)15-18-17-14(21-15)8-19-5-4-12(7-19)10(2)16/h6,10,12H,4-5,7-8,16H2,1-3H3. The van der Waals surface area contributed by atoms with E-state index < -0.39 is 0 Å². The lowest BCUT2D eigenvalue weighted by molar-refractivity contribution is 0.276. The Hall–Kier alpha value is -1.66. The van der Waals surface area contributed by atoms with Gasteiger partial charge in [0.2, 0.25) is 5.89 Å². The first-order valence-electron chi connectivity index (χ1n) is 7.40. The zero-order chi connectivity index (χ0) is 15.0. The lowest BCUT2D eigenvalue weighted by Gasteiger charge is -2.15. The summed E-state index contributed by atoms with van der Waals surface area (Å²) in [6.07, 6.45) is 1.14. The van der Waals surface area contributed by atoms with Crippen LogP contribution in [0, 0.1) is 19.8 Å². The van der Waals surface area contributed by atoms with E-state index in [0.29, 0.717) is 24.2 Å². The number of furan rings is 1. The molecule has 0 amide bonds. The summed E-state index contributed by atoms with van der Waals surface area (Å²) in [5, 5.41) is 8.27. The largest absolute Gasteiger partial charge is 0.466 e. The van der Waals surface area contributed by atoms with Crippen LogP contribution in [0.2, 0.25) is 0 Å². The van der Waals surface area contributed by atoms with Crippen molar-refractivity contribution in [2.45, 2.75) is 39.8 Å². The summed E-state index contributed by atoms with van der Waals surface area (Å²) in [7, 11) is 0. The molecule has 2 unspecified atom stereocenters. The third-order valence-electron chi connectivity index (χ3n) is 4.15. The monoisotopic (exact) mass is 290 g/mol. The third kappa shape index (κ3) is 3.01. The molecule has 114 valence electrons. The fraction of sp³-hybridized carbons (Fsp3) is 0.600. The van der Waals surface area contributed by atoms with Gasteiger partial charge in [-0.2, -0.15) is 0 Å². The Morgan fingerprint density at radius 3 is 2.81 bits per heavy atom. The lowest BCUT2D eigenvalue weighted by Crippen LogP contribution is -2.29. The van der Waals surface area contributed by atoms with E-state index in [1.807, 2.05) is 19.9 Å². The summed E-state index contributed by atoms with van der Waals surface area (Å²) in [5.41, 5.74) is 6.84. The molecule has 1 saturated heterocycles. The molecule has 1 aliphatic heterocycles. The maximum Gasteiger partial charge on any atom is 0.251 e. The quantitative estimate of drug-likeness (QED) is 0.928. The zero-order valence-corrected chi connectivity index (χ0v) is 12.8. The molecule has 2 aromatic rings. The SMILES string of the molecule is Cc1cc(-c2nnc(CN3CCC(C(C)N)C3)o2)c(C)o1. The second kappa shape index (κ2) is 5.61. The minimum absolute atomic E-state index is 0.241. The van der Waals surface area contributed by atoms with E-state index >= 15 is 0 Å². The summed E-state index contributed by atoms with van der Waals surface area (Å²) in [4.78, 5) is 2.32. The molecule has 2 N–H and O–H groups in total. The van der Waals surface area contributed by atoms with Gasteiger partial charge in [0.15, 0.2) is 0 Å². The van der Waals surface area contributed by atoms with Gasteiger partial charge in [-0.15, -0.1) is 10.2 Å². The Bertz CT molecular complexity index is 617. The lowest BCUT2D eigenvalue weighted by atomic mass is 10.0. The highest BCUT2D eigenvalue weighted by Crippen LogP contribution is 2.26. The Morgan fingerprint density at radius 2 is 2.19 bits per heavy atom. The maximum absolute atomic E-state index is 5.96. The minimum Gasteiger partial charge on any atom is -0.466 e. The van der Waals surface area contributed by atoms with Crippen LogP contribution in [0.25, 0.3) is 11.5 Å². The minimum atomic E-state index is 0.241. The first kappa shape index (κ1) is 14.3. The average molecular weight is 290 g/mol. The highest BCUT2D eigenvalue weighted by atomic mass is 16.4. The van der Waals surface area contributed by atoms with E-state index in [1.54, 1.807) is 0 Å². The van der Waals surface area contributed by atoms with Crippen molar-refractivity contribution in [3.63, 3.8) is 0 Å². The van der Waals surface area contributed by atoms with E-state index in [4.69, 9.17) is 14.6 Å². The van der Waals surface area contributed by atoms with Crippen molar-refractivity contribution in [1.82, 2.24) is 15.1 Å². The summed E-state index contributed by atoms with van der Waals surface area (Å²) < 4.78 is 11.3. The molecule has 0 spiro atoms. The van der Waals surface area contributed by atoms with Crippen molar-refractivity contribution in [3.8, 4) is 11.5 Å². The van der Waals surface area contributed by atoms with Crippen molar-refractivity contribution in [2.24, 2.45) is 11.7 Å². The van der Waals surface area contributed by atoms with Gasteiger partial charge in [0.25, 0.3) is 5.89 Å². The smallest absolute Gasteiger partial charge is 0.251 e. The molecular formula is C15H22N4O2. The van der Waals surface area contributed by atoms with Crippen molar-refractivity contribution in [1.29, 1.82) is 0 Å². The van der Waals surface area contributed by atoms with Crippen LogP contribution >= 0.6 is 0 Å². The summed E-state index contributed by atoms with van der Waals surface area (Å²) in [6.45, 7) is 8.61. The Kier molecular flexibility index (Phi) is 3.82. The molecule has 0 saturated carbocycles. The van der Waals surface area contributed by atoms with Gasteiger partial charge in [0.05, 0.1) is 12.1 Å². The number of likely N-dealkylation sites (tertiary alicyclic amines) is 1. The second-order valence-electron chi connectivity index (χ2n) is 5.97. The fourth-order valence-electron chi connectivity index (χ4n) is 2.90. The third-order valence-corrected chi connectivity index (χ3v) is 4.15. The molecule has 2 atom stereocenters. The molecule has 0 radical (unpaired) electrons. The summed E-state index contributed by atoms with van der Waals surface area (Å²) in [6, 6.07) is 2.17. The van der Waals surface area contributed by atoms with E-state index in [-0.39, 0.29) is 6.04 Å². The van der Waals surface area contributed by atoms with Crippen LogP contribution in [0.5, 0.6) is 0 Å². The number of hydrogen-bond acceptors (Lipinski definition) is 6. The second-order valence-corrected chi connectivity index (χ2v) is 5.97. The van der Waals surface area contributed by atoms with Crippen molar-refractivity contribution in [2.75, 3.05) is 13.1 Å². The number of rotatable bonds is 4. The van der Waals surface area contributed by atoms with Crippen LogP contribution in [0.1, 0.15) is 30.8 Å². The van der Waals surface area contributed by atoms with Crippen LogP contribution in [-0.2, 0) is 6.54 Å². The fourth-order valence-corrected chi connectivity index (χ4v) is 2.90. The summed E-state index contributed by atoms with van der Waals surface area (Å²) in [5.74, 6) is 3.39. The highest BCUT2D eigenvalue weighted by molar-refractivity contribution is 5.55. The predicted octanol–water partition coefficient (Wildman–Crippen LogP) is 2.12. The van der Waals surface area contributed by atoms with Crippen LogP contribution < -0.4 is 5.73 Å². The van der Waals surface area contributed by atoms with Crippen molar-refractivity contribution >= 4 is 0 Å². The molecule has 2 aromatic heterocycles. The first-order chi connectivity index (χ1) is 10.0. The average Bonchev–Trinajstić information content (AvgIpc) is 3.10. The molecule has 0 aromatic carbocycles. The molecule has 0 aliphatic carbocycles. The molecule has 3 heterocycles. The molecule has 21 heavy (non-hydrogen) atoms. The van der Waals surface area contributed by atoms with Crippen LogP contribution in [0.15, 0.2) is 14.9 Å². The van der Waals surface area contributed by atoms with Gasteiger partial charge in [0.1, 0.15) is 11.5 Å². The zero-order valence-electron chi connectivity index (χ0n) is 12.8. The van der Waals surface area contributed by atoms with E-state index in [2.05, 4.69) is 22.0 Å². The maximum atomic E-state index is 5.96. The van der Waals surface area contributed by atoms with Crippen LogP contribution in [0.4, 0.5) is 0 Å². The van der Waals surface area contributed by atoms with Crippen LogP contribution in [0.3, 0.4) is 0 Å². The van der Waals surface area contributed by atoms with Gasteiger partial charge in [-0.25, -0.2) is 0 Å². The predicted molar refractivity (Wildman–Crippen MR) is 78.5 cm³/mol. The van der Waals surface area contributed by atoms with Crippen molar-refractivity contribution < 1.29 is 8.83 Å². The van der Waals surface area contributed by atoms with Gasteiger partial charge in [-0.3, -0.25) is 4.90 Å². The molecule has 1 aliphatic rings. The van der Waals surface area contributed by atoms with Gasteiger partial charge >= 0.3 is 0 Å². The topological polar surface area (TPSA) is 81.3 Å². The van der Waals surface area contributed by atoms with E-state index in [1.165, 1.54) is 0 Å². The molecule has 3 rings (SSSR count). The van der Waals surface area contributed by atoms with E-state index in [0.717, 1.165) is 36.6 Å². The summed E-state index contributed by atoms with van der Waals surface area (Å²) >= 11 is 0. The van der Waals surface area contributed by atoms with Gasteiger partial charge in [-0.1, -0.05) is 0 Å². The van der Waals surface area contributed by atoms with Gasteiger partial charge in [0, 0.05) is 12.6 Å². The molecule has 0 bridgehead atoms. The molecular weight excluding hydrogens is 268 g/mol. The molecule has 6 heteroatoms. The van der Waals surface area contributed by atoms with Crippen LogP contribution in [-0.4, -0.2) is 34.2 Å². The van der Waals surface area contributed by atoms with Gasteiger partial charge < -0.3 is 14.6 Å². The highest BCUT2D eigenvalue weighted by Gasteiger charge is 2.26. The number of nitrogens with two attached hydrogens (primary N) is 1. The number of hydrogen-bond donors (Lipinski definition) is 1. The Balaban J connectivity index is 1.67. The number of nitrogens with zero attached hydrogens (tertiary/aromatic N) is 3. The normalized spacial score (nSPS) is 21.0. The Labute approximate surface area is 124 Å². The van der Waals surface area contributed by atoms with E-state index in [9.17, 15) is 0 Å². The molecule has 1 fully saturated rings. The first-order valence-corrected chi connectivity index (χ1v) is 7.40.